The summed E-state index contributed by atoms with van der Waals surface area (Å²) in [6.45, 7) is 11.9. The van der Waals surface area contributed by atoms with Crippen LogP contribution in [0.25, 0.3) is 10.9 Å². The SMILES string of the molecule is CCOc1ccc(CN(Cc2ccco2)C(c2cc3cc(C)ccc3[nH]c2=O)c2nnnn2C(C)(C)CC)cc1. The number of aromatic amines is 1. The molecule has 0 aliphatic rings. The molecule has 0 radical (unpaired) electrons. The summed E-state index contributed by atoms with van der Waals surface area (Å²) in [4.78, 5) is 19.0. The van der Waals surface area contributed by atoms with E-state index in [1.165, 1.54) is 0 Å². The first-order chi connectivity index (χ1) is 19.3. The van der Waals surface area contributed by atoms with Gasteiger partial charge < -0.3 is 14.1 Å². The molecule has 3 heterocycles. The monoisotopic (exact) mass is 540 g/mol. The van der Waals surface area contributed by atoms with Crippen LogP contribution in [0, 0.1) is 6.92 Å². The molecule has 1 atom stereocenters. The van der Waals surface area contributed by atoms with Crippen LogP contribution in [0.4, 0.5) is 0 Å². The van der Waals surface area contributed by atoms with Crippen LogP contribution in [0.2, 0.25) is 0 Å². The highest BCUT2D eigenvalue weighted by Crippen LogP contribution is 2.33. The molecule has 40 heavy (non-hydrogen) atoms. The van der Waals surface area contributed by atoms with Crippen molar-refractivity contribution in [3.63, 3.8) is 0 Å². The fourth-order valence-corrected chi connectivity index (χ4v) is 4.92. The maximum Gasteiger partial charge on any atom is 0.253 e. The van der Waals surface area contributed by atoms with Crippen LogP contribution in [-0.2, 0) is 18.6 Å². The van der Waals surface area contributed by atoms with Gasteiger partial charge in [0.25, 0.3) is 5.56 Å². The van der Waals surface area contributed by atoms with Crippen LogP contribution >= 0.6 is 0 Å². The van der Waals surface area contributed by atoms with Crippen molar-refractivity contribution < 1.29 is 9.15 Å². The van der Waals surface area contributed by atoms with Crippen molar-refractivity contribution in [2.24, 2.45) is 0 Å². The van der Waals surface area contributed by atoms with Gasteiger partial charge >= 0.3 is 0 Å². The predicted octanol–water partition coefficient (Wildman–Crippen LogP) is 5.75. The van der Waals surface area contributed by atoms with Crippen molar-refractivity contribution in [3.05, 3.63) is 106 Å². The number of fused-ring (bicyclic) bond motifs is 1. The highest BCUT2D eigenvalue weighted by molar-refractivity contribution is 5.79. The molecule has 0 saturated carbocycles. The van der Waals surface area contributed by atoms with Gasteiger partial charge in [-0.3, -0.25) is 9.69 Å². The van der Waals surface area contributed by atoms with Crippen LogP contribution in [0.1, 0.15) is 68.4 Å². The normalized spacial score (nSPS) is 12.8. The average molecular weight is 541 g/mol. The van der Waals surface area contributed by atoms with Crippen molar-refractivity contribution in [1.29, 1.82) is 0 Å². The van der Waals surface area contributed by atoms with Crippen LogP contribution < -0.4 is 10.3 Å². The van der Waals surface area contributed by atoms with Gasteiger partial charge in [0.1, 0.15) is 17.6 Å². The van der Waals surface area contributed by atoms with Crippen LogP contribution in [0.15, 0.2) is 76.1 Å². The number of benzene rings is 2. The second-order valence-corrected chi connectivity index (χ2v) is 10.7. The van der Waals surface area contributed by atoms with Gasteiger partial charge in [0.2, 0.25) is 0 Å². The number of nitrogens with zero attached hydrogens (tertiary/aromatic N) is 5. The van der Waals surface area contributed by atoms with E-state index in [0.29, 0.717) is 31.1 Å². The zero-order valence-corrected chi connectivity index (χ0v) is 23.7. The second kappa shape index (κ2) is 11.5. The molecule has 2 aromatic carbocycles. The van der Waals surface area contributed by atoms with Crippen molar-refractivity contribution in [2.45, 2.75) is 65.7 Å². The number of hydrogen-bond donors (Lipinski definition) is 1. The minimum absolute atomic E-state index is 0.179. The number of aromatic nitrogens is 5. The number of furan rings is 1. The van der Waals surface area contributed by atoms with Gasteiger partial charge in [-0.05, 0) is 98.0 Å². The molecule has 0 spiro atoms. The fraction of sp³-hybridized carbons (Fsp3) is 0.355. The lowest BCUT2D eigenvalue weighted by molar-refractivity contribution is 0.168. The number of H-pyrrole nitrogens is 1. The summed E-state index contributed by atoms with van der Waals surface area (Å²) in [5, 5.41) is 14.0. The lowest BCUT2D eigenvalue weighted by Gasteiger charge is -2.33. The standard InChI is InChI=1S/C31H36N6O3/c1-6-31(4,5)37-29(33-34-35-37)28(26-18-23-17-21(3)10-15-27(23)32-30(26)38)36(20-25-9-8-16-40-25)19-22-11-13-24(14-12-22)39-7-2/h8-18,28H,6-7,19-20H2,1-5H3,(H,32,38). The molecule has 0 bridgehead atoms. The molecule has 5 aromatic rings. The van der Waals surface area contributed by atoms with Crippen molar-refractivity contribution in [2.75, 3.05) is 6.61 Å². The third kappa shape index (κ3) is 5.70. The largest absolute Gasteiger partial charge is 0.494 e. The number of tetrazole rings is 1. The highest BCUT2D eigenvalue weighted by atomic mass is 16.5. The minimum atomic E-state index is -0.564. The minimum Gasteiger partial charge on any atom is -0.494 e. The molecule has 0 aliphatic heterocycles. The summed E-state index contributed by atoms with van der Waals surface area (Å²) in [7, 11) is 0. The Morgan fingerprint density at radius 3 is 2.58 bits per heavy atom. The molecule has 1 unspecified atom stereocenters. The molecule has 0 fully saturated rings. The highest BCUT2D eigenvalue weighted by Gasteiger charge is 2.35. The Bertz CT molecular complexity index is 1620. The first-order valence-electron chi connectivity index (χ1n) is 13.7. The number of ether oxygens (including phenoxy) is 1. The first-order valence-corrected chi connectivity index (χ1v) is 13.7. The quantitative estimate of drug-likeness (QED) is 0.228. The van der Waals surface area contributed by atoms with Gasteiger partial charge in [0.05, 0.1) is 25.0 Å². The Hall–Kier alpha value is -4.24. The van der Waals surface area contributed by atoms with Crippen molar-refractivity contribution in [3.8, 4) is 5.75 Å². The van der Waals surface area contributed by atoms with E-state index in [4.69, 9.17) is 9.15 Å². The first kappa shape index (κ1) is 27.3. The average Bonchev–Trinajstić information content (AvgIpc) is 3.64. The van der Waals surface area contributed by atoms with Gasteiger partial charge in [-0.25, -0.2) is 4.68 Å². The second-order valence-electron chi connectivity index (χ2n) is 10.7. The summed E-state index contributed by atoms with van der Waals surface area (Å²) in [6, 6.07) is 19.3. The number of rotatable bonds is 11. The lowest BCUT2D eigenvalue weighted by Crippen LogP contribution is -2.38. The molecular formula is C31H36N6O3. The van der Waals surface area contributed by atoms with Gasteiger partial charge in [0, 0.05) is 17.6 Å². The number of nitrogens with one attached hydrogen (secondary N) is 1. The zero-order chi connectivity index (χ0) is 28.3. The van der Waals surface area contributed by atoms with Gasteiger partial charge in [0.15, 0.2) is 5.82 Å². The van der Waals surface area contributed by atoms with Gasteiger partial charge in [-0.2, -0.15) is 0 Å². The fourth-order valence-electron chi connectivity index (χ4n) is 4.92. The van der Waals surface area contributed by atoms with Crippen LogP contribution in [-0.4, -0.2) is 36.7 Å². The molecule has 1 N–H and O–H groups in total. The van der Waals surface area contributed by atoms with E-state index in [-0.39, 0.29) is 11.1 Å². The smallest absolute Gasteiger partial charge is 0.253 e. The summed E-state index contributed by atoms with van der Waals surface area (Å²) >= 11 is 0. The van der Waals surface area contributed by atoms with Gasteiger partial charge in [-0.1, -0.05) is 30.7 Å². The Balaban J connectivity index is 1.69. The summed E-state index contributed by atoms with van der Waals surface area (Å²) in [6.07, 6.45) is 2.47. The number of aryl methyl sites for hydroxylation is 1. The van der Waals surface area contributed by atoms with E-state index in [2.05, 4.69) is 52.2 Å². The summed E-state index contributed by atoms with van der Waals surface area (Å²) < 4.78 is 13.3. The Morgan fingerprint density at radius 1 is 1.07 bits per heavy atom. The maximum atomic E-state index is 13.8. The molecule has 0 aliphatic carbocycles. The molecule has 5 rings (SSSR count). The third-order valence-electron chi connectivity index (χ3n) is 7.42. The topological polar surface area (TPSA) is 102 Å². The van der Waals surface area contributed by atoms with Crippen LogP contribution in [0.3, 0.4) is 0 Å². The van der Waals surface area contributed by atoms with E-state index in [0.717, 1.165) is 40.0 Å². The van der Waals surface area contributed by atoms with E-state index in [1.54, 1.807) is 6.26 Å². The predicted molar refractivity (Wildman–Crippen MR) is 154 cm³/mol. The molecule has 208 valence electrons. The van der Waals surface area contributed by atoms with Crippen molar-refractivity contribution in [1.82, 2.24) is 30.1 Å². The molecule has 9 heteroatoms. The molecule has 0 amide bonds. The third-order valence-corrected chi connectivity index (χ3v) is 7.42. The van der Waals surface area contributed by atoms with E-state index in [9.17, 15) is 4.79 Å². The number of hydrogen-bond acceptors (Lipinski definition) is 7. The lowest BCUT2D eigenvalue weighted by atomic mass is 9.98. The van der Waals surface area contributed by atoms with E-state index >= 15 is 0 Å². The molecule has 0 saturated heterocycles. The Labute approximate surface area is 233 Å². The van der Waals surface area contributed by atoms with Gasteiger partial charge in [-0.15, -0.1) is 5.10 Å². The molecule has 9 nitrogen and oxygen atoms in total. The maximum absolute atomic E-state index is 13.8. The molecule has 3 aromatic heterocycles. The number of pyridine rings is 1. The zero-order valence-electron chi connectivity index (χ0n) is 23.7. The Morgan fingerprint density at radius 2 is 1.88 bits per heavy atom. The van der Waals surface area contributed by atoms with Crippen LogP contribution in [0.5, 0.6) is 5.75 Å². The Kier molecular flexibility index (Phi) is 7.84. The summed E-state index contributed by atoms with van der Waals surface area (Å²) in [5.74, 6) is 2.19. The summed E-state index contributed by atoms with van der Waals surface area (Å²) in [5.41, 5.74) is 2.98. The van der Waals surface area contributed by atoms with E-state index in [1.807, 2.05) is 73.1 Å². The van der Waals surface area contributed by atoms with Crippen molar-refractivity contribution >= 4 is 10.9 Å². The van der Waals surface area contributed by atoms with E-state index < -0.39 is 6.04 Å². The molecular weight excluding hydrogens is 504 g/mol.